The van der Waals surface area contributed by atoms with Crippen LogP contribution in [-0.2, 0) is 16.1 Å². The van der Waals surface area contributed by atoms with Crippen molar-refractivity contribution in [3.05, 3.63) is 35.4 Å². The molecule has 1 heterocycles. The Morgan fingerprint density at radius 2 is 2.00 bits per heavy atom. The number of amides is 1. The molecule has 2 rings (SSSR count). The van der Waals surface area contributed by atoms with Gasteiger partial charge in [0.1, 0.15) is 5.92 Å². The number of hydrogen-bond donors (Lipinski definition) is 3. The molecule has 0 radical (unpaired) electrons. The molecular formula is C13H16N2O4. The van der Waals surface area contributed by atoms with Crippen LogP contribution in [0.25, 0.3) is 0 Å². The number of carboxylic acid groups (broad SMARTS) is 1. The Morgan fingerprint density at radius 3 is 2.58 bits per heavy atom. The fourth-order valence-corrected chi connectivity index (χ4v) is 1.98. The minimum Gasteiger partial charge on any atom is -0.481 e. The molecule has 0 spiro atoms. The zero-order valence-electron chi connectivity index (χ0n) is 10.3. The summed E-state index contributed by atoms with van der Waals surface area (Å²) in [6.45, 7) is 0.773. The molecule has 0 saturated carbocycles. The summed E-state index contributed by atoms with van der Waals surface area (Å²) in [5.41, 5.74) is 6.89. The summed E-state index contributed by atoms with van der Waals surface area (Å²) in [6.07, 6.45) is 0. The van der Waals surface area contributed by atoms with Crippen molar-refractivity contribution in [2.75, 3.05) is 13.2 Å². The van der Waals surface area contributed by atoms with E-state index in [4.69, 9.17) is 15.6 Å². The number of carbonyl (C=O) groups excluding carboxylic acids is 1. The van der Waals surface area contributed by atoms with Crippen molar-refractivity contribution in [3.63, 3.8) is 0 Å². The molecule has 0 aliphatic carbocycles. The molecule has 19 heavy (non-hydrogen) atoms. The van der Waals surface area contributed by atoms with Gasteiger partial charge in [0, 0.05) is 12.1 Å². The van der Waals surface area contributed by atoms with Gasteiger partial charge in [0.05, 0.1) is 19.3 Å². The average molecular weight is 264 g/mol. The van der Waals surface area contributed by atoms with E-state index in [1.165, 1.54) is 0 Å². The number of ether oxygens (including phenoxy) is 1. The lowest BCUT2D eigenvalue weighted by atomic mass is 10.0. The summed E-state index contributed by atoms with van der Waals surface area (Å²) >= 11 is 0. The van der Waals surface area contributed by atoms with E-state index >= 15 is 0 Å². The van der Waals surface area contributed by atoms with Crippen LogP contribution in [0.3, 0.4) is 0 Å². The Bertz CT molecular complexity index is 472. The summed E-state index contributed by atoms with van der Waals surface area (Å²) in [7, 11) is 0. The van der Waals surface area contributed by atoms with Gasteiger partial charge in [-0.1, -0.05) is 12.1 Å². The third kappa shape index (κ3) is 3.10. The molecule has 0 bridgehead atoms. The normalized spacial score (nSPS) is 22.2. The molecule has 4 N–H and O–H groups in total. The van der Waals surface area contributed by atoms with Gasteiger partial charge in [0.2, 0.25) is 0 Å². The molecule has 2 unspecified atom stereocenters. The third-order valence-corrected chi connectivity index (χ3v) is 3.17. The molecule has 1 fully saturated rings. The lowest BCUT2D eigenvalue weighted by Crippen LogP contribution is -2.42. The molecule has 1 aromatic rings. The van der Waals surface area contributed by atoms with Gasteiger partial charge < -0.3 is 20.9 Å². The van der Waals surface area contributed by atoms with E-state index in [9.17, 15) is 9.59 Å². The largest absolute Gasteiger partial charge is 0.481 e. The molecule has 1 aromatic carbocycles. The van der Waals surface area contributed by atoms with Crippen LogP contribution in [0.15, 0.2) is 24.3 Å². The second kappa shape index (κ2) is 5.81. The maximum atomic E-state index is 12.0. The lowest BCUT2D eigenvalue weighted by molar-refractivity contribution is -0.142. The maximum absolute atomic E-state index is 12.0. The van der Waals surface area contributed by atoms with Gasteiger partial charge in [-0.3, -0.25) is 9.59 Å². The van der Waals surface area contributed by atoms with Gasteiger partial charge in [-0.25, -0.2) is 0 Å². The van der Waals surface area contributed by atoms with Gasteiger partial charge >= 0.3 is 5.97 Å². The maximum Gasteiger partial charge on any atom is 0.311 e. The van der Waals surface area contributed by atoms with Crippen molar-refractivity contribution in [2.24, 2.45) is 11.7 Å². The van der Waals surface area contributed by atoms with Crippen LogP contribution >= 0.6 is 0 Å². The van der Waals surface area contributed by atoms with Gasteiger partial charge in [-0.2, -0.15) is 0 Å². The SMILES string of the molecule is NCc1ccc(C(=O)NC2COCC2C(=O)O)cc1. The highest BCUT2D eigenvalue weighted by atomic mass is 16.5. The summed E-state index contributed by atoms with van der Waals surface area (Å²) in [6, 6.07) is 6.40. The number of hydrogen-bond acceptors (Lipinski definition) is 4. The van der Waals surface area contributed by atoms with E-state index in [0.29, 0.717) is 12.1 Å². The Balaban J connectivity index is 2.01. The monoisotopic (exact) mass is 264 g/mol. The number of carboxylic acids is 1. The van der Waals surface area contributed by atoms with Crippen molar-refractivity contribution in [3.8, 4) is 0 Å². The first kappa shape index (κ1) is 13.5. The minimum absolute atomic E-state index is 0.131. The zero-order chi connectivity index (χ0) is 13.8. The number of nitrogens with two attached hydrogens (primary N) is 1. The van der Waals surface area contributed by atoms with E-state index in [1.807, 2.05) is 0 Å². The number of benzene rings is 1. The van der Waals surface area contributed by atoms with Gasteiger partial charge in [-0.15, -0.1) is 0 Å². The van der Waals surface area contributed by atoms with Gasteiger partial charge in [0.15, 0.2) is 0 Å². The van der Waals surface area contributed by atoms with Crippen molar-refractivity contribution in [1.82, 2.24) is 5.32 Å². The van der Waals surface area contributed by atoms with Crippen LogP contribution in [-0.4, -0.2) is 36.2 Å². The molecule has 1 aliphatic rings. The van der Waals surface area contributed by atoms with Crippen LogP contribution in [0.4, 0.5) is 0 Å². The highest BCUT2D eigenvalue weighted by Gasteiger charge is 2.35. The lowest BCUT2D eigenvalue weighted by Gasteiger charge is -2.15. The molecule has 102 valence electrons. The van der Waals surface area contributed by atoms with E-state index in [1.54, 1.807) is 24.3 Å². The second-order valence-electron chi connectivity index (χ2n) is 4.46. The van der Waals surface area contributed by atoms with Crippen LogP contribution < -0.4 is 11.1 Å². The molecule has 1 amide bonds. The molecule has 6 heteroatoms. The van der Waals surface area contributed by atoms with E-state index < -0.39 is 17.9 Å². The third-order valence-electron chi connectivity index (χ3n) is 3.17. The predicted molar refractivity (Wildman–Crippen MR) is 67.5 cm³/mol. The zero-order valence-corrected chi connectivity index (χ0v) is 10.3. The van der Waals surface area contributed by atoms with Crippen molar-refractivity contribution < 1.29 is 19.4 Å². The fourth-order valence-electron chi connectivity index (χ4n) is 1.98. The highest BCUT2D eigenvalue weighted by Crippen LogP contribution is 2.14. The number of aliphatic carboxylic acids is 1. The van der Waals surface area contributed by atoms with Crippen LogP contribution in [0, 0.1) is 5.92 Å². The Labute approximate surface area is 110 Å². The topological polar surface area (TPSA) is 102 Å². The molecule has 1 aliphatic heterocycles. The van der Waals surface area contributed by atoms with Crippen LogP contribution in [0.5, 0.6) is 0 Å². The highest BCUT2D eigenvalue weighted by molar-refractivity contribution is 5.94. The van der Waals surface area contributed by atoms with E-state index in [2.05, 4.69) is 5.32 Å². The first-order valence-corrected chi connectivity index (χ1v) is 6.02. The Kier molecular flexibility index (Phi) is 4.13. The predicted octanol–water partition coefficient (Wildman–Crippen LogP) is -0.0253. The van der Waals surface area contributed by atoms with Crippen LogP contribution in [0.1, 0.15) is 15.9 Å². The average Bonchev–Trinajstić information content (AvgIpc) is 2.87. The fraction of sp³-hybridized carbons (Fsp3) is 0.385. The smallest absolute Gasteiger partial charge is 0.311 e. The van der Waals surface area contributed by atoms with E-state index in [-0.39, 0.29) is 19.1 Å². The second-order valence-corrected chi connectivity index (χ2v) is 4.46. The number of carbonyl (C=O) groups is 2. The first-order valence-electron chi connectivity index (χ1n) is 6.02. The molecule has 0 aromatic heterocycles. The summed E-state index contributed by atoms with van der Waals surface area (Å²) < 4.78 is 5.09. The van der Waals surface area contributed by atoms with E-state index in [0.717, 1.165) is 5.56 Å². The Hall–Kier alpha value is -1.92. The van der Waals surface area contributed by atoms with Crippen molar-refractivity contribution >= 4 is 11.9 Å². The van der Waals surface area contributed by atoms with Gasteiger partial charge in [-0.05, 0) is 17.7 Å². The standard InChI is InChI=1S/C13H16N2O4/c14-5-8-1-3-9(4-2-8)12(16)15-11-7-19-6-10(11)13(17)18/h1-4,10-11H,5-7,14H2,(H,15,16)(H,17,18). The molecule has 2 atom stereocenters. The number of rotatable bonds is 4. The molecule has 1 saturated heterocycles. The molecular weight excluding hydrogens is 248 g/mol. The summed E-state index contributed by atoms with van der Waals surface area (Å²) in [5, 5.41) is 11.7. The molecule has 6 nitrogen and oxygen atoms in total. The van der Waals surface area contributed by atoms with Crippen molar-refractivity contribution in [1.29, 1.82) is 0 Å². The van der Waals surface area contributed by atoms with Crippen LogP contribution in [0.2, 0.25) is 0 Å². The van der Waals surface area contributed by atoms with Gasteiger partial charge in [0.25, 0.3) is 5.91 Å². The first-order chi connectivity index (χ1) is 9.11. The van der Waals surface area contributed by atoms with Crippen molar-refractivity contribution in [2.45, 2.75) is 12.6 Å². The summed E-state index contributed by atoms with van der Waals surface area (Å²) in [4.78, 5) is 22.9. The number of nitrogens with one attached hydrogen (secondary N) is 1. The minimum atomic E-state index is -0.957. The quantitative estimate of drug-likeness (QED) is 0.709. The Morgan fingerprint density at radius 1 is 1.32 bits per heavy atom. The summed E-state index contributed by atoms with van der Waals surface area (Å²) in [5.74, 6) is -1.95.